The number of carbonyl (C=O) groups is 1. The summed E-state index contributed by atoms with van der Waals surface area (Å²) in [6, 6.07) is 0.267. The van der Waals surface area contributed by atoms with Gasteiger partial charge >= 0.3 is 0 Å². The number of aromatic nitrogens is 2. The summed E-state index contributed by atoms with van der Waals surface area (Å²) in [5, 5.41) is 3.08. The molecule has 1 atom stereocenters. The van der Waals surface area contributed by atoms with Crippen molar-refractivity contribution >= 4 is 5.91 Å². The second-order valence-electron chi connectivity index (χ2n) is 6.99. The van der Waals surface area contributed by atoms with Gasteiger partial charge in [0, 0.05) is 50.5 Å². The van der Waals surface area contributed by atoms with Gasteiger partial charge in [0.05, 0.1) is 11.4 Å². The highest BCUT2D eigenvalue weighted by Gasteiger charge is 2.20. The lowest BCUT2D eigenvalue weighted by atomic mass is 9.95. The van der Waals surface area contributed by atoms with Crippen LogP contribution in [0, 0.1) is 0 Å². The summed E-state index contributed by atoms with van der Waals surface area (Å²) in [5.74, 6) is 0.587. The standard InChI is InChI=1S/C18H28N4O2/c1-22-8-2-3-14(13-22)17-12-19-16(11-20-17)4-5-18(23)21-15-6-9-24-10-7-15/h11-12,14-15H,2-10,13H2,1H3,(H,21,23). The first kappa shape index (κ1) is 17.3. The van der Waals surface area contributed by atoms with Gasteiger partial charge in [-0.3, -0.25) is 14.8 Å². The molecule has 2 aliphatic rings. The van der Waals surface area contributed by atoms with Gasteiger partial charge in [-0.2, -0.15) is 0 Å². The topological polar surface area (TPSA) is 67.4 Å². The van der Waals surface area contributed by atoms with Crippen molar-refractivity contribution in [3.63, 3.8) is 0 Å². The number of carbonyl (C=O) groups excluding carboxylic acids is 1. The van der Waals surface area contributed by atoms with E-state index in [1.165, 1.54) is 19.4 Å². The fraction of sp³-hybridized carbons (Fsp3) is 0.722. The third kappa shape index (κ3) is 4.98. The van der Waals surface area contributed by atoms with Crippen LogP contribution in [0.25, 0.3) is 0 Å². The Kier molecular flexibility index (Phi) is 6.15. The molecule has 2 aliphatic heterocycles. The van der Waals surface area contributed by atoms with E-state index in [1.807, 2.05) is 12.4 Å². The first-order valence-electron chi connectivity index (χ1n) is 9.07. The minimum absolute atomic E-state index is 0.0988. The average molecular weight is 332 g/mol. The Balaban J connectivity index is 1.44. The Hall–Kier alpha value is -1.53. The predicted molar refractivity (Wildman–Crippen MR) is 91.8 cm³/mol. The van der Waals surface area contributed by atoms with E-state index in [2.05, 4.69) is 27.2 Å². The molecule has 3 heterocycles. The summed E-state index contributed by atoms with van der Waals surface area (Å²) in [4.78, 5) is 23.5. The molecule has 0 spiro atoms. The van der Waals surface area contributed by atoms with Crippen LogP contribution in [-0.2, 0) is 16.0 Å². The second-order valence-corrected chi connectivity index (χ2v) is 6.99. The van der Waals surface area contributed by atoms with Gasteiger partial charge in [-0.25, -0.2) is 0 Å². The molecule has 132 valence electrons. The number of hydrogen-bond acceptors (Lipinski definition) is 5. The van der Waals surface area contributed by atoms with E-state index in [-0.39, 0.29) is 11.9 Å². The molecule has 0 saturated carbocycles. The maximum absolute atomic E-state index is 12.0. The van der Waals surface area contributed by atoms with Gasteiger partial charge in [0.25, 0.3) is 0 Å². The summed E-state index contributed by atoms with van der Waals surface area (Å²) in [5.41, 5.74) is 1.97. The lowest BCUT2D eigenvalue weighted by Gasteiger charge is -2.29. The van der Waals surface area contributed by atoms with Crippen LogP contribution in [0.4, 0.5) is 0 Å². The molecule has 2 saturated heterocycles. The van der Waals surface area contributed by atoms with Crippen molar-refractivity contribution in [2.75, 3.05) is 33.4 Å². The molecular weight excluding hydrogens is 304 g/mol. The van der Waals surface area contributed by atoms with Gasteiger partial charge in [0.15, 0.2) is 0 Å². The van der Waals surface area contributed by atoms with Crippen molar-refractivity contribution in [1.29, 1.82) is 0 Å². The molecular formula is C18H28N4O2. The quantitative estimate of drug-likeness (QED) is 0.885. The molecule has 2 fully saturated rings. The Morgan fingerprint density at radius 1 is 1.29 bits per heavy atom. The molecule has 1 amide bonds. The molecule has 6 nitrogen and oxygen atoms in total. The van der Waals surface area contributed by atoms with Crippen LogP contribution >= 0.6 is 0 Å². The van der Waals surface area contributed by atoms with E-state index in [9.17, 15) is 4.79 Å². The number of hydrogen-bond donors (Lipinski definition) is 1. The van der Waals surface area contributed by atoms with E-state index in [0.29, 0.717) is 18.8 Å². The van der Waals surface area contributed by atoms with Gasteiger partial charge < -0.3 is 15.0 Å². The van der Waals surface area contributed by atoms with Crippen molar-refractivity contribution in [3.05, 3.63) is 23.8 Å². The zero-order valence-corrected chi connectivity index (χ0v) is 14.5. The van der Waals surface area contributed by atoms with E-state index >= 15 is 0 Å². The third-order valence-electron chi connectivity index (χ3n) is 4.96. The number of rotatable bonds is 5. The SMILES string of the molecule is CN1CCCC(c2cnc(CCC(=O)NC3CCOCC3)cn2)C1. The minimum Gasteiger partial charge on any atom is -0.381 e. The summed E-state index contributed by atoms with van der Waals surface area (Å²) < 4.78 is 5.31. The van der Waals surface area contributed by atoms with Crippen molar-refractivity contribution < 1.29 is 9.53 Å². The van der Waals surface area contributed by atoms with Crippen molar-refractivity contribution in [1.82, 2.24) is 20.2 Å². The fourth-order valence-electron chi connectivity index (χ4n) is 3.50. The predicted octanol–water partition coefficient (Wildman–Crippen LogP) is 1.51. The Labute approximate surface area is 144 Å². The van der Waals surface area contributed by atoms with Crippen LogP contribution in [0.1, 0.15) is 49.4 Å². The molecule has 1 N–H and O–H groups in total. The first-order valence-corrected chi connectivity index (χ1v) is 9.07. The highest BCUT2D eigenvalue weighted by atomic mass is 16.5. The molecule has 1 unspecified atom stereocenters. The number of likely N-dealkylation sites (tertiary alicyclic amines) is 1. The highest BCUT2D eigenvalue weighted by molar-refractivity contribution is 5.76. The van der Waals surface area contributed by atoms with Gasteiger partial charge in [0.2, 0.25) is 5.91 Å². The number of nitrogens with zero attached hydrogens (tertiary/aromatic N) is 3. The third-order valence-corrected chi connectivity index (χ3v) is 4.96. The second kappa shape index (κ2) is 8.53. The molecule has 24 heavy (non-hydrogen) atoms. The zero-order chi connectivity index (χ0) is 16.8. The van der Waals surface area contributed by atoms with Crippen LogP contribution in [0.5, 0.6) is 0 Å². The zero-order valence-electron chi connectivity index (χ0n) is 14.5. The van der Waals surface area contributed by atoms with Gasteiger partial charge in [-0.15, -0.1) is 0 Å². The van der Waals surface area contributed by atoms with Crippen LogP contribution in [0.3, 0.4) is 0 Å². The molecule has 6 heteroatoms. The van der Waals surface area contributed by atoms with Gasteiger partial charge in [-0.1, -0.05) is 0 Å². The van der Waals surface area contributed by atoms with Crippen LogP contribution in [0.15, 0.2) is 12.4 Å². The molecule has 0 bridgehead atoms. The van der Waals surface area contributed by atoms with E-state index in [1.54, 1.807) is 0 Å². The largest absolute Gasteiger partial charge is 0.381 e. The van der Waals surface area contributed by atoms with Crippen LogP contribution < -0.4 is 5.32 Å². The average Bonchev–Trinajstić information content (AvgIpc) is 2.61. The summed E-state index contributed by atoms with van der Waals surface area (Å²) in [7, 11) is 2.16. The highest BCUT2D eigenvalue weighted by Crippen LogP contribution is 2.24. The molecule has 0 aliphatic carbocycles. The van der Waals surface area contributed by atoms with Gasteiger partial charge in [-0.05, 0) is 45.7 Å². The first-order chi connectivity index (χ1) is 11.7. The summed E-state index contributed by atoms with van der Waals surface area (Å²) >= 11 is 0. The number of aryl methyl sites for hydroxylation is 1. The van der Waals surface area contributed by atoms with Gasteiger partial charge in [0.1, 0.15) is 0 Å². The van der Waals surface area contributed by atoms with E-state index in [0.717, 1.165) is 44.0 Å². The Bertz CT molecular complexity index is 528. The van der Waals surface area contributed by atoms with Crippen molar-refractivity contribution in [2.24, 2.45) is 0 Å². The van der Waals surface area contributed by atoms with Crippen LogP contribution in [-0.4, -0.2) is 60.2 Å². The minimum atomic E-state index is 0.0988. The number of amides is 1. The molecule has 0 aromatic carbocycles. The Morgan fingerprint density at radius 3 is 2.83 bits per heavy atom. The monoisotopic (exact) mass is 332 g/mol. The molecule has 3 rings (SSSR count). The summed E-state index contributed by atoms with van der Waals surface area (Å²) in [6.45, 7) is 3.72. The molecule has 1 aromatic heterocycles. The van der Waals surface area contributed by atoms with Crippen molar-refractivity contribution in [2.45, 2.75) is 50.5 Å². The number of nitrogens with one attached hydrogen (secondary N) is 1. The lowest BCUT2D eigenvalue weighted by Crippen LogP contribution is -2.39. The lowest BCUT2D eigenvalue weighted by molar-refractivity contribution is -0.122. The maximum Gasteiger partial charge on any atom is 0.220 e. The van der Waals surface area contributed by atoms with E-state index in [4.69, 9.17) is 4.74 Å². The Morgan fingerprint density at radius 2 is 2.12 bits per heavy atom. The molecule has 0 radical (unpaired) electrons. The van der Waals surface area contributed by atoms with E-state index < -0.39 is 0 Å². The fourth-order valence-corrected chi connectivity index (χ4v) is 3.50. The van der Waals surface area contributed by atoms with Crippen LogP contribution in [0.2, 0.25) is 0 Å². The normalized spacial score (nSPS) is 23.1. The smallest absolute Gasteiger partial charge is 0.220 e. The molecule has 1 aromatic rings. The maximum atomic E-state index is 12.0. The number of ether oxygens (including phenoxy) is 1. The number of likely N-dealkylation sites (N-methyl/N-ethyl adjacent to an activating group) is 1. The summed E-state index contributed by atoms with van der Waals surface area (Å²) in [6.07, 6.45) is 9.08. The number of piperidine rings is 1. The van der Waals surface area contributed by atoms with Crippen molar-refractivity contribution in [3.8, 4) is 0 Å².